The minimum absolute atomic E-state index is 0.275. The summed E-state index contributed by atoms with van der Waals surface area (Å²) in [6, 6.07) is 5.99. The van der Waals surface area contributed by atoms with Gasteiger partial charge in [-0.1, -0.05) is 0 Å². The molecule has 2 rings (SSSR count). The monoisotopic (exact) mass is 237 g/mol. The standard InChI is InChI=1S/C11H8FNO2S/c1-7(14)15-10-6-16-11(13-10)8-2-4-9(12)5-3-8/h2-6H,1H3. The van der Waals surface area contributed by atoms with Crippen LogP contribution in [0.4, 0.5) is 4.39 Å². The van der Waals surface area contributed by atoms with Gasteiger partial charge in [0.1, 0.15) is 10.8 Å². The van der Waals surface area contributed by atoms with Crippen molar-refractivity contribution in [1.82, 2.24) is 4.98 Å². The van der Waals surface area contributed by atoms with Gasteiger partial charge >= 0.3 is 5.97 Å². The predicted molar refractivity (Wildman–Crippen MR) is 58.8 cm³/mol. The highest BCUT2D eigenvalue weighted by molar-refractivity contribution is 7.13. The number of halogens is 1. The highest BCUT2D eigenvalue weighted by Gasteiger charge is 2.07. The van der Waals surface area contributed by atoms with Crippen molar-refractivity contribution in [2.75, 3.05) is 0 Å². The van der Waals surface area contributed by atoms with Crippen LogP contribution in [0.2, 0.25) is 0 Å². The summed E-state index contributed by atoms with van der Waals surface area (Å²) in [5, 5.41) is 2.33. The number of carbonyl (C=O) groups is 1. The lowest BCUT2D eigenvalue weighted by molar-refractivity contribution is -0.132. The highest BCUT2D eigenvalue weighted by atomic mass is 32.1. The van der Waals surface area contributed by atoms with Crippen molar-refractivity contribution in [2.45, 2.75) is 6.92 Å². The molecule has 82 valence electrons. The first-order valence-corrected chi connectivity index (χ1v) is 5.43. The van der Waals surface area contributed by atoms with E-state index >= 15 is 0 Å². The van der Waals surface area contributed by atoms with E-state index in [-0.39, 0.29) is 11.7 Å². The van der Waals surface area contributed by atoms with E-state index in [1.54, 1.807) is 17.5 Å². The molecule has 0 aliphatic heterocycles. The van der Waals surface area contributed by atoms with Gasteiger partial charge in [-0.3, -0.25) is 4.79 Å². The van der Waals surface area contributed by atoms with Crippen LogP contribution >= 0.6 is 11.3 Å². The van der Waals surface area contributed by atoms with Gasteiger partial charge in [0.2, 0.25) is 5.88 Å². The molecule has 2 aromatic rings. The van der Waals surface area contributed by atoms with E-state index in [0.29, 0.717) is 5.01 Å². The average molecular weight is 237 g/mol. The van der Waals surface area contributed by atoms with Crippen molar-refractivity contribution >= 4 is 17.3 Å². The third-order valence-corrected chi connectivity index (χ3v) is 2.69. The third kappa shape index (κ3) is 2.43. The largest absolute Gasteiger partial charge is 0.407 e. The van der Waals surface area contributed by atoms with Crippen LogP contribution in [0.1, 0.15) is 6.92 Å². The Bertz CT molecular complexity index is 507. The average Bonchev–Trinajstić information content (AvgIpc) is 2.66. The molecule has 0 atom stereocenters. The molecule has 0 amide bonds. The number of nitrogens with zero attached hydrogens (tertiary/aromatic N) is 1. The number of thiazole rings is 1. The lowest BCUT2D eigenvalue weighted by Crippen LogP contribution is -2.01. The second-order valence-corrected chi connectivity index (χ2v) is 3.95. The Balaban J connectivity index is 2.24. The van der Waals surface area contributed by atoms with Crippen LogP contribution < -0.4 is 4.74 Å². The maximum atomic E-state index is 12.7. The molecule has 16 heavy (non-hydrogen) atoms. The highest BCUT2D eigenvalue weighted by Crippen LogP contribution is 2.27. The zero-order valence-corrected chi connectivity index (χ0v) is 9.25. The summed E-state index contributed by atoms with van der Waals surface area (Å²) >= 11 is 1.34. The molecule has 1 aromatic heterocycles. The van der Waals surface area contributed by atoms with Gasteiger partial charge in [0.05, 0.1) is 5.38 Å². The molecule has 0 fully saturated rings. The number of esters is 1. The van der Waals surface area contributed by atoms with Crippen LogP contribution in [-0.2, 0) is 4.79 Å². The molecule has 5 heteroatoms. The van der Waals surface area contributed by atoms with E-state index in [1.165, 1.54) is 30.4 Å². The molecule has 0 aliphatic rings. The molecule has 0 radical (unpaired) electrons. The zero-order valence-electron chi connectivity index (χ0n) is 8.44. The van der Waals surface area contributed by atoms with Crippen molar-refractivity contribution < 1.29 is 13.9 Å². The molecule has 0 saturated carbocycles. The van der Waals surface area contributed by atoms with Crippen molar-refractivity contribution in [1.29, 1.82) is 0 Å². The molecule has 0 spiro atoms. The van der Waals surface area contributed by atoms with Crippen LogP contribution in [0.25, 0.3) is 10.6 Å². The van der Waals surface area contributed by atoms with Gasteiger partial charge in [0.15, 0.2) is 0 Å². The fourth-order valence-corrected chi connectivity index (χ4v) is 1.91. The second-order valence-electron chi connectivity index (χ2n) is 3.09. The first-order valence-electron chi connectivity index (χ1n) is 4.55. The molecule has 0 saturated heterocycles. The van der Waals surface area contributed by atoms with Crippen molar-refractivity contribution in [2.24, 2.45) is 0 Å². The number of hydrogen-bond donors (Lipinski definition) is 0. The number of aromatic nitrogens is 1. The molecular weight excluding hydrogens is 229 g/mol. The van der Waals surface area contributed by atoms with Crippen LogP contribution in [0, 0.1) is 5.82 Å². The maximum absolute atomic E-state index is 12.7. The van der Waals surface area contributed by atoms with Gasteiger partial charge in [-0.15, -0.1) is 11.3 Å². The van der Waals surface area contributed by atoms with E-state index in [0.717, 1.165) is 5.56 Å². The van der Waals surface area contributed by atoms with E-state index in [4.69, 9.17) is 4.74 Å². The Morgan fingerprint density at radius 1 is 1.38 bits per heavy atom. The first-order chi connectivity index (χ1) is 7.65. The number of carbonyl (C=O) groups excluding carboxylic acids is 1. The van der Waals surface area contributed by atoms with Gasteiger partial charge in [0.25, 0.3) is 0 Å². The first kappa shape index (κ1) is 10.8. The van der Waals surface area contributed by atoms with Crippen molar-refractivity contribution in [3.63, 3.8) is 0 Å². The summed E-state index contributed by atoms with van der Waals surface area (Å²) < 4.78 is 17.5. The molecule has 1 aromatic carbocycles. The normalized spacial score (nSPS) is 10.1. The topological polar surface area (TPSA) is 39.2 Å². The summed E-state index contributed by atoms with van der Waals surface area (Å²) in [6.45, 7) is 1.32. The Hall–Kier alpha value is -1.75. The Labute approximate surface area is 95.5 Å². The van der Waals surface area contributed by atoms with Gasteiger partial charge in [-0.2, -0.15) is 0 Å². The summed E-state index contributed by atoms with van der Waals surface area (Å²) in [6.07, 6.45) is 0. The van der Waals surface area contributed by atoms with Gasteiger partial charge in [-0.05, 0) is 24.3 Å². The predicted octanol–water partition coefficient (Wildman–Crippen LogP) is 2.87. The maximum Gasteiger partial charge on any atom is 0.309 e. The van der Waals surface area contributed by atoms with Crippen molar-refractivity contribution in [3.8, 4) is 16.5 Å². The molecule has 3 nitrogen and oxygen atoms in total. The Morgan fingerprint density at radius 3 is 2.69 bits per heavy atom. The fourth-order valence-electron chi connectivity index (χ4n) is 1.18. The molecule has 1 heterocycles. The quantitative estimate of drug-likeness (QED) is 0.754. The van der Waals surface area contributed by atoms with E-state index in [1.807, 2.05) is 0 Å². The van der Waals surface area contributed by atoms with Crippen LogP contribution in [0.3, 0.4) is 0 Å². The molecular formula is C11H8FNO2S. The van der Waals surface area contributed by atoms with Crippen molar-refractivity contribution in [3.05, 3.63) is 35.5 Å². The zero-order chi connectivity index (χ0) is 11.5. The summed E-state index contributed by atoms with van der Waals surface area (Å²) in [5.41, 5.74) is 0.796. The van der Waals surface area contributed by atoms with Gasteiger partial charge in [-0.25, -0.2) is 9.37 Å². The van der Waals surface area contributed by atoms with E-state index in [2.05, 4.69) is 4.98 Å². The Kier molecular flexibility index (Phi) is 2.96. The van der Waals surface area contributed by atoms with Gasteiger partial charge in [0, 0.05) is 12.5 Å². The molecule has 0 aliphatic carbocycles. The smallest absolute Gasteiger partial charge is 0.309 e. The van der Waals surface area contributed by atoms with Gasteiger partial charge < -0.3 is 4.74 Å². The molecule has 0 bridgehead atoms. The van der Waals surface area contributed by atoms with Crippen LogP contribution in [-0.4, -0.2) is 11.0 Å². The fraction of sp³-hybridized carbons (Fsp3) is 0.0909. The lowest BCUT2D eigenvalue weighted by Gasteiger charge is -1.95. The Morgan fingerprint density at radius 2 is 2.06 bits per heavy atom. The third-order valence-electron chi connectivity index (χ3n) is 1.82. The molecule has 0 unspecified atom stereocenters. The van der Waals surface area contributed by atoms with Crippen LogP contribution in [0.5, 0.6) is 5.88 Å². The van der Waals surface area contributed by atoms with Crippen LogP contribution in [0.15, 0.2) is 29.6 Å². The lowest BCUT2D eigenvalue weighted by atomic mass is 10.2. The summed E-state index contributed by atoms with van der Waals surface area (Å²) in [5.74, 6) is -0.423. The number of ether oxygens (including phenoxy) is 1. The minimum atomic E-state index is -0.407. The van der Waals surface area contributed by atoms with E-state index < -0.39 is 5.97 Å². The summed E-state index contributed by atoms with van der Waals surface area (Å²) in [7, 11) is 0. The minimum Gasteiger partial charge on any atom is -0.407 e. The van der Waals surface area contributed by atoms with E-state index in [9.17, 15) is 9.18 Å². The number of rotatable bonds is 2. The number of benzene rings is 1. The second kappa shape index (κ2) is 4.40. The SMILES string of the molecule is CC(=O)Oc1csc(-c2ccc(F)cc2)n1. The summed E-state index contributed by atoms with van der Waals surface area (Å²) in [4.78, 5) is 14.8. The molecule has 0 N–H and O–H groups in total. The number of hydrogen-bond acceptors (Lipinski definition) is 4.